The first kappa shape index (κ1) is 19.7. The minimum absolute atomic E-state index is 0.00472. The van der Waals surface area contributed by atoms with Crippen molar-refractivity contribution in [2.24, 2.45) is 10.1 Å². The molecule has 0 radical (unpaired) electrons. The molecule has 4 rings (SSSR count). The number of amides is 1. The fourth-order valence-corrected chi connectivity index (χ4v) is 5.07. The average molecular weight is 428 g/mol. The third kappa shape index (κ3) is 3.44. The van der Waals surface area contributed by atoms with Gasteiger partial charge in [-0.3, -0.25) is 10.2 Å². The Kier molecular flexibility index (Phi) is 5.18. The van der Waals surface area contributed by atoms with Gasteiger partial charge in [0.15, 0.2) is 10.2 Å². The fraction of sp³-hybridized carbons (Fsp3) is 0.200. The Balaban J connectivity index is 1.74. The van der Waals surface area contributed by atoms with Gasteiger partial charge in [0.1, 0.15) is 5.82 Å². The summed E-state index contributed by atoms with van der Waals surface area (Å²) in [5, 5.41) is 14.7. The summed E-state index contributed by atoms with van der Waals surface area (Å²) in [6.07, 6.45) is 1.63. The van der Waals surface area contributed by atoms with Gasteiger partial charge in [-0.1, -0.05) is 30.8 Å². The Morgan fingerprint density at radius 1 is 1.31 bits per heavy atom. The maximum absolute atomic E-state index is 14.3. The third-order valence-electron chi connectivity index (χ3n) is 4.57. The van der Waals surface area contributed by atoms with Crippen molar-refractivity contribution in [3.05, 3.63) is 58.7 Å². The summed E-state index contributed by atoms with van der Waals surface area (Å²) in [5.74, 6) is 0.0461. The second-order valence-electron chi connectivity index (χ2n) is 6.43. The van der Waals surface area contributed by atoms with Crippen LogP contribution in [0.2, 0.25) is 0 Å². The molecule has 1 aromatic carbocycles. The van der Waals surface area contributed by atoms with Crippen molar-refractivity contribution < 1.29 is 9.18 Å². The van der Waals surface area contributed by atoms with Crippen molar-refractivity contribution in [3.63, 3.8) is 0 Å². The molecule has 3 heterocycles. The molecule has 0 bridgehead atoms. The van der Waals surface area contributed by atoms with Crippen molar-refractivity contribution in [1.82, 2.24) is 9.58 Å². The van der Waals surface area contributed by atoms with Crippen LogP contribution in [0.4, 0.5) is 4.39 Å². The van der Waals surface area contributed by atoms with Crippen molar-refractivity contribution in [2.75, 3.05) is 5.75 Å². The van der Waals surface area contributed by atoms with Crippen molar-refractivity contribution in [2.45, 2.75) is 20.8 Å². The number of nitrogens with one attached hydrogen (secondary N) is 1. The van der Waals surface area contributed by atoms with Crippen molar-refractivity contribution in [1.29, 1.82) is 5.41 Å². The molecule has 6 nitrogen and oxygen atoms in total. The predicted octanol–water partition coefficient (Wildman–Crippen LogP) is 4.56. The first-order valence-electron chi connectivity index (χ1n) is 8.97. The standard InChI is InChI=1S/C20H18FN5OS2/c1-4-28-20-24-26-17(22)14(18(27)23-19(26)29-20)10-13-9-11(2)25(12(13)3)16-8-6-5-7-15(16)21/h5-10,22H,4H2,1-3H3. The molecule has 0 aliphatic carbocycles. The number of aliphatic imine (C=N–C) groups is 1. The summed E-state index contributed by atoms with van der Waals surface area (Å²) in [7, 11) is 0. The number of carbonyl (C=O) groups excluding carboxylic acids is 1. The maximum atomic E-state index is 14.3. The zero-order valence-electron chi connectivity index (χ0n) is 16.1. The van der Waals surface area contributed by atoms with Crippen LogP contribution in [-0.2, 0) is 4.79 Å². The van der Waals surface area contributed by atoms with Gasteiger partial charge in [-0.05, 0) is 61.2 Å². The van der Waals surface area contributed by atoms with E-state index < -0.39 is 5.91 Å². The molecule has 0 saturated carbocycles. The van der Waals surface area contributed by atoms with E-state index in [4.69, 9.17) is 5.41 Å². The van der Waals surface area contributed by atoms with Crippen LogP contribution in [-0.4, -0.2) is 36.6 Å². The first-order chi connectivity index (χ1) is 13.9. The molecule has 0 unspecified atom stereocenters. The monoisotopic (exact) mass is 427 g/mol. The number of fused-ring (bicyclic) bond motifs is 1. The highest BCUT2D eigenvalue weighted by Crippen LogP contribution is 2.33. The molecule has 2 aliphatic heterocycles. The zero-order valence-corrected chi connectivity index (χ0v) is 17.7. The quantitative estimate of drug-likeness (QED) is 0.729. The van der Waals surface area contributed by atoms with Crippen LogP contribution in [0.15, 0.2) is 46.0 Å². The molecule has 2 aliphatic rings. The highest BCUT2D eigenvalue weighted by molar-refractivity contribution is 8.45. The van der Waals surface area contributed by atoms with Crippen LogP contribution >= 0.6 is 23.5 Å². The lowest BCUT2D eigenvalue weighted by molar-refractivity contribution is -0.114. The SMILES string of the molecule is CCSC1=NN2C(=N)C(=Cc3cc(C)n(-c4ccccc4F)c3C)C(=O)N=C2S1. The molecule has 148 valence electrons. The molecular formula is C20H18FN5OS2. The number of hydrazone groups is 1. The van der Waals surface area contributed by atoms with E-state index in [0.717, 1.165) is 27.1 Å². The minimum Gasteiger partial charge on any atom is -0.315 e. The Labute approximate surface area is 176 Å². The number of hydrogen-bond donors (Lipinski definition) is 1. The van der Waals surface area contributed by atoms with Gasteiger partial charge in [0, 0.05) is 11.4 Å². The average Bonchev–Trinajstić information content (AvgIpc) is 3.20. The first-order valence-corrected chi connectivity index (χ1v) is 10.8. The summed E-state index contributed by atoms with van der Waals surface area (Å²) in [6, 6.07) is 8.42. The number of amidine groups is 2. The van der Waals surface area contributed by atoms with Crippen molar-refractivity contribution >= 4 is 50.9 Å². The smallest absolute Gasteiger partial charge is 0.283 e. The van der Waals surface area contributed by atoms with E-state index in [1.165, 1.54) is 22.8 Å². The van der Waals surface area contributed by atoms with Crippen LogP contribution < -0.4 is 0 Å². The summed E-state index contributed by atoms with van der Waals surface area (Å²) >= 11 is 2.84. The van der Waals surface area contributed by atoms with Crippen molar-refractivity contribution in [3.8, 4) is 5.69 Å². The van der Waals surface area contributed by atoms with E-state index in [0.29, 0.717) is 10.9 Å². The molecule has 1 aromatic heterocycles. The number of thioether (sulfide) groups is 2. The second kappa shape index (κ2) is 7.64. The molecule has 0 saturated heterocycles. The largest absolute Gasteiger partial charge is 0.315 e. The number of nitrogens with zero attached hydrogens (tertiary/aromatic N) is 4. The number of para-hydroxylation sites is 1. The van der Waals surface area contributed by atoms with Crippen LogP contribution in [0.3, 0.4) is 0 Å². The van der Waals surface area contributed by atoms with Gasteiger partial charge in [0.05, 0.1) is 11.3 Å². The zero-order chi connectivity index (χ0) is 20.7. The molecule has 2 aromatic rings. The number of rotatable bonds is 3. The molecule has 29 heavy (non-hydrogen) atoms. The van der Waals surface area contributed by atoms with Gasteiger partial charge in [0.2, 0.25) is 5.17 Å². The van der Waals surface area contributed by atoms with E-state index in [2.05, 4.69) is 10.1 Å². The topological polar surface area (TPSA) is 73.8 Å². The molecule has 1 N–H and O–H groups in total. The number of hydrogen-bond acceptors (Lipinski definition) is 5. The molecule has 9 heteroatoms. The normalized spacial score (nSPS) is 17.7. The number of halogens is 1. The van der Waals surface area contributed by atoms with Gasteiger partial charge in [-0.2, -0.15) is 10.0 Å². The lowest BCUT2D eigenvalue weighted by atomic mass is 10.1. The summed E-state index contributed by atoms with van der Waals surface area (Å²) in [5.41, 5.74) is 2.94. The Bertz CT molecular complexity index is 1130. The van der Waals surface area contributed by atoms with Gasteiger partial charge in [-0.25, -0.2) is 4.39 Å². The van der Waals surface area contributed by atoms with Crippen LogP contribution in [0.1, 0.15) is 23.9 Å². The van der Waals surface area contributed by atoms with Gasteiger partial charge in [0.25, 0.3) is 5.91 Å². The van der Waals surface area contributed by atoms with Crippen LogP contribution in [0.5, 0.6) is 0 Å². The minimum atomic E-state index is -0.470. The summed E-state index contributed by atoms with van der Waals surface area (Å²) in [4.78, 5) is 16.7. The lowest BCUT2D eigenvalue weighted by Gasteiger charge is -2.20. The molecule has 0 spiro atoms. The van der Waals surface area contributed by atoms with E-state index in [-0.39, 0.29) is 17.2 Å². The molecule has 0 fully saturated rings. The Hall–Kier alpha value is -2.65. The van der Waals surface area contributed by atoms with Gasteiger partial charge < -0.3 is 4.57 Å². The van der Waals surface area contributed by atoms with E-state index in [1.54, 1.807) is 40.6 Å². The third-order valence-corrected chi connectivity index (χ3v) is 6.49. The van der Waals surface area contributed by atoms with Crippen LogP contribution in [0.25, 0.3) is 11.8 Å². The maximum Gasteiger partial charge on any atom is 0.283 e. The number of carbonyl (C=O) groups is 1. The number of benzene rings is 1. The Morgan fingerprint density at radius 2 is 2.07 bits per heavy atom. The van der Waals surface area contributed by atoms with Gasteiger partial charge in [-0.15, -0.1) is 5.10 Å². The fourth-order valence-electron chi connectivity index (χ4n) is 3.25. The van der Waals surface area contributed by atoms with E-state index in [1.807, 2.05) is 26.8 Å². The second-order valence-corrected chi connectivity index (χ2v) is 8.90. The Morgan fingerprint density at radius 3 is 2.79 bits per heavy atom. The predicted molar refractivity (Wildman–Crippen MR) is 118 cm³/mol. The number of aromatic nitrogens is 1. The highest BCUT2D eigenvalue weighted by Gasteiger charge is 2.35. The molecule has 1 amide bonds. The van der Waals surface area contributed by atoms with E-state index >= 15 is 0 Å². The summed E-state index contributed by atoms with van der Waals surface area (Å²) in [6.45, 7) is 5.75. The van der Waals surface area contributed by atoms with Crippen LogP contribution in [0, 0.1) is 25.1 Å². The number of aryl methyl sites for hydroxylation is 1. The van der Waals surface area contributed by atoms with Gasteiger partial charge >= 0.3 is 0 Å². The molecular weight excluding hydrogens is 409 g/mol. The summed E-state index contributed by atoms with van der Waals surface area (Å²) < 4.78 is 16.9. The molecule has 0 atom stereocenters. The highest BCUT2D eigenvalue weighted by atomic mass is 32.2. The lowest BCUT2D eigenvalue weighted by Crippen LogP contribution is -2.35. The van der Waals surface area contributed by atoms with E-state index in [9.17, 15) is 9.18 Å².